The second-order valence-electron chi connectivity index (χ2n) is 5.07. The molecule has 0 radical (unpaired) electrons. The molecule has 0 unspecified atom stereocenters. The fourth-order valence-corrected chi connectivity index (χ4v) is 2.20. The monoisotopic (exact) mass is 293 g/mol. The molecule has 6 nitrogen and oxygen atoms in total. The molecule has 0 aromatic heterocycles. The van der Waals surface area contributed by atoms with E-state index >= 15 is 0 Å². The fraction of sp³-hybridized carbons (Fsp3) is 0.533. The van der Waals surface area contributed by atoms with Crippen LogP contribution in [0.25, 0.3) is 0 Å². The number of nitrogens with zero attached hydrogens (tertiary/aromatic N) is 2. The molecule has 0 aliphatic rings. The Kier molecular flexibility index (Phi) is 6.14. The zero-order chi connectivity index (χ0) is 16.0. The summed E-state index contributed by atoms with van der Waals surface area (Å²) >= 11 is 0. The third kappa shape index (κ3) is 3.93. The van der Waals surface area contributed by atoms with Crippen molar-refractivity contribution in [3.8, 4) is 0 Å². The molecule has 1 aromatic rings. The predicted molar refractivity (Wildman–Crippen MR) is 83.7 cm³/mol. The van der Waals surface area contributed by atoms with Gasteiger partial charge >= 0.3 is 0 Å². The van der Waals surface area contributed by atoms with E-state index in [9.17, 15) is 14.9 Å². The van der Waals surface area contributed by atoms with Gasteiger partial charge in [0.15, 0.2) is 0 Å². The van der Waals surface area contributed by atoms with Gasteiger partial charge in [-0.15, -0.1) is 0 Å². The van der Waals surface area contributed by atoms with E-state index in [2.05, 4.69) is 5.32 Å². The van der Waals surface area contributed by atoms with Gasteiger partial charge in [0.05, 0.1) is 10.5 Å². The minimum Gasteiger partial charge on any atom is -0.379 e. The van der Waals surface area contributed by atoms with Gasteiger partial charge in [0.2, 0.25) is 0 Å². The maximum atomic E-state index is 12.6. The molecule has 0 aliphatic heterocycles. The number of carbonyl (C=O) groups excluding carboxylic acids is 1. The highest BCUT2D eigenvalue weighted by molar-refractivity contribution is 6.01. The molecular weight excluding hydrogens is 270 g/mol. The van der Waals surface area contributed by atoms with Crippen molar-refractivity contribution in [3.05, 3.63) is 33.9 Å². The lowest BCUT2D eigenvalue weighted by Gasteiger charge is -2.26. The highest BCUT2D eigenvalue weighted by Crippen LogP contribution is 2.29. The Morgan fingerprint density at radius 2 is 2.05 bits per heavy atom. The van der Waals surface area contributed by atoms with Gasteiger partial charge < -0.3 is 10.2 Å². The van der Waals surface area contributed by atoms with Crippen LogP contribution in [0.1, 0.15) is 44.5 Å². The molecule has 0 atom stereocenters. The molecule has 0 aliphatic carbocycles. The third-order valence-electron chi connectivity index (χ3n) is 3.25. The summed E-state index contributed by atoms with van der Waals surface area (Å²) < 4.78 is 0. The lowest BCUT2D eigenvalue weighted by Crippen LogP contribution is -2.37. The predicted octanol–water partition coefficient (Wildman–Crippen LogP) is 3.29. The van der Waals surface area contributed by atoms with Gasteiger partial charge in [-0.05, 0) is 33.3 Å². The van der Waals surface area contributed by atoms with E-state index in [0.29, 0.717) is 24.3 Å². The summed E-state index contributed by atoms with van der Waals surface area (Å²) in [5.74, 6) is -0.185. The van der Waals surface area contributed by atoms with E-state index in [1.165, 1.54) is 6.07 Å². The first-order valence-corrected chi connectivity index (χ1v) is 7.26. The van der Waals surface area contributed by atoms with E-state index < -0.39 is 4.92 Å². The van der Waals surface area contributed by atoms with Crippen molar-refractivity contribution < 1.29 is 9.72 Å². The van der Waals surface area contributed by atoms with Gasteiger partial charge in [-0.1, -0.05) is 13.0 Å². The molecule has 1 amide bonds. The summed E-state index contributed by atoms with van der Waals surface area (Å²) in [6.45, 7) is 8.87. The smallest absolute Gasteiger partial charge is 0.293 e. The van der Waals surface area contributed by atoms with Gasteiger partial charge in [-0.3, -0.25) is 14.9 Å². The molecule has 1 aromatic carbocycles. The number of carbonyl (C=O) groups is 1. The van der Waals surface area contributed by atoms with Crippen molar-refractivity contribution in [2.24, 2.45) is 0 Å². The number of benzene rings is 1. The standard InChI is InChI=1S/C15H23N3O3/c1-5-10-16-14-12(8-7-9-13(14)18(20)21)15(19)17(6-2)11(3)4/h7-9,11,16H,5-6,10H2,1-4H3. The van der Waals surface area contributed by atoms with Crippen molar-refractivity contribution >= 4 is 17.3 Å². The molecule has 0 spiro atoms. The van der Waals surface area contributed by atoms with Gasteiger partial charge in [0.25, 0.3) is 11.6 Å². The van der Waals surface area contributed by atoms with Crippen LogP contribution in [0.4, 0.5) is 11.4 Å². The third-order valence-corrected chi connectivity index (χ3v) is 3.25. The van der Waals surface area contributed by atoms with Gasteiger partial charge in [0.1, 0.15) is 5.69 Å². The molecular formula is C15H23N3O3. The van der Waals surface area contributed by atoms with Crippen molar-refractivity contribution in [1.29, 1.82) is 0 Å². The summed E-state index contributed by atoms with van der Waals surface area (Å²) in [6.07, 6.45) is 0.821. The number of rotatable bonds is 7. The zero-order valence-corrected chi connectivity index (χ0v) is 13.0. The molecule has 0 fully saturated rings. The second-order valence-corrected chi connectivity index (χ2v) is 5.07. The van der Waals surface area contributed by atoms with E-state index in [1.807, 2.05) is 27.7 Å². The molecule has 1 rings (SSSR count). The first-order valence-electron chi connectivity index (χ1n) is 7.26. The number of nitro groups is 1. The van der Waals surface area contributed by atoms with E-state index in [0.717, 1.165) is 6.42 Å². The van der Waals surface area contributed by atoms with E-state index in [-0.39, 0.29) is 17.6 Å². The molecule has 0 saturated carbocycles. The summed E-state index contributed by atoms with van der Waals surface area (Å²) in [5, 5.41) is 14.2. The Morgan fingerprint density at radius 3 is 2.52 bits per heavy atom. The molecule has 0 bridgehead atoms. The number of nitro benzene ring substituents is 1. The van der Waals surface area contributed by atoms with Gasteiger partial charge in [0, 0.05) is 25.2 Å². The van der Waals surface area contributed by atoms with Crippen molar-refractivity contribution in [2.45, 2.75) is 40.2 Å². The highest BCUT2D eigenvalue weighted by Gasteiger charge is 2.25. The summed E-state index contributed by atoms with van der Waals surface area (Å²) in [6, 6.07) is 4.65. The Labute approximate surface area is 125 Å². The number of hydrogen-bond acceptors (Lipinski definition) is 4. The van der Waals surface area contributed by atoms with Crippen LogP contribution in [0.2, 0.25) is 0 Å². The number of amides is 1. The molecule has 6 heteroatoms. The molecule has 0 heterocycles. The lowest BCUT2D eigenvalue weighted by atomic mass is 10.1. The lowest BCUT2D eigenvalue weighted by molar-refractivity contribution is -0.384. The van der Waals surface area contributed by atoms with Crippen LogP contribution in [0.3, 0.4) is 0 Å². The van der Waals surface area contributed by atoms with Crippen LogP contribution in [-0.4, -0.2) is 34.9 Å². The highest BCUT2D eigenvalue weighted by atomic mass is 16.6. The Morgan fingerprint density at radius 1 is 1.38 bits per heavy atom. The second kappa shape index (κ2) is 7.61. The molecule has 0 saturated heterocycles. The number of hydrogen-bond donors (Lipinski definition) is 1. The normalized spacial score (nSPS) is 10.5. The van der Waals surface area contributed by atoms with Crippen molar-refractivity contribution in [2.75, 3.05) is 18.4 Å². The molecule has 116 valence electrons. The average molecular weight is 293 g/mol. The van der Waals surface area contributed by atoms with Crippen LogP contribution in [-0.2, 0) is 0 Å². The molecule has 21 heavy (non-hydrogen) atoms. The van der Waals surface area contributed by atoms with Crippen LogP contribution >= 0.6 is 0 Å². The maximum absolute atomic E-state index is 12.6. The van der Waals surface area contributed by atoms with Crippen LogP contribution in [0, 0.1) is 10.1 Å². The number of nitrogens with one attached hydrogen (secondary N) is 1. The fourth-order valence-electron chi connectivity index (χ4n) is 2.20. The quantitative estimate of drug-likeness (QED) is 0.618. The Hall–Kier alpha value is -2.11. The Balaban J connectivity index is 3.30. The zero-order valence-electron chi connectivity index (χ0n) is 13.0. The van der Waals surface area contributed by atoms with Gasteiger partial charge in [-0.2, -0.15) is 0 Å². The molecule has 1 N–H and O–H groups in total. The van der Waals surface area contributed by atoms with Crippen LogP contribution in [0.15, 0.2) is 18.2 Å². The summed E-state index contributed by atoms with van der Waals surface area (Å²) in [4.78, 5) is 25.0. The average Bonchev–Trinajstić information content (AvgIpc) is 2.44. The summed E-state index contributed by atoms with van der Waals surface area (Å²) in [7, 11) is 0. The first kappa shape index (κ1) is 16.9. The topological polar surface area (TPSA) is 75.5 Å². The maximum Gasteiger partial charge on any atom is 0.293 e. The Bertz CT molecular complexity index is 515. The van der Waals surface area contributed by atoms with Crippen LogP contribution in [0.5, 0.6) is 0 Å². The number of para-hydroxylation sites is 1. The van der Waals surface area contributed by atoms with E-state index in [4.69, 9.17) is 0 Å². The minimum atomic E-state index is -0.458. The minimum absolute atomic E-state index is 0.0424. The number of anilines is 1. The van der Waals surface area contributed by atoms with Crippen LogP contribution < -0.4 is 5.32 Å². The van der Waals surface area contributed by atoms with E-state index in [1.54, 1.807) is 17.0 Å². The van der Waals surface area contributed by atoms with Crippen molar-refractivity contribution in [3.63, 3.8) is 0 Å². The largest absolute Gasteiger partial charge is 0.379 e. The van der Waals surface area contributed by atoms with Crippen molar-refractivity contribution in [1.82, 2.24) is 4.90 Å². The first-order chi connectivity index (χ1) is 9.93. The summed E-state index contributed by atoms with van der Waals surface area (Å²) in [5.41, 5.74) is 0.607. The SMILES string of the molecule is CCCNc1c(C(=O)N(CC)C(C)C)cccc1[N+](=O)[O-]. The van der Waals surface area contributed by atoms with Gasteiger partial charge in [-0.25, -0.2) is 0 Å².